The molecule has 12 heteroatoms. The minimum atomic E-state index is -4.53. The van der Waals surface area contributed by atoms with Crippen LogP contribution in [-0.4, -0.2) is 69.6 Å². The fourth-order valence-corrected chi connectivity index (χ4v) is 4.88. The monoisotopic (exact) mass is 549 g/mol. The van der Waals surface area contributed by atoms with Gasteiger partial charge in [-0.2, -0.15) is 18.3 Å². The van der Waals surface area contributed by atoms with Gasteiger partial charge in [-0.15, -0.1) is 0 Å². The molecule has 204 valence electrons. The molecular formula is C26H31ClF3N7O. The Bertz CT molecular complexity index is 1300. The number of benzene rings is 1. The number of carbonyl (C=O) groups excluding carboxylic acids is 1. The molecule has 38 heavy (non-hydrogen) atoms. The van der Waals surface area contributed by atoms with Crippen LogP contribution in [0.5, 0.6) is 0 Å². The standard InChI is InChI=1S/C26H31ClF3N7O/c1-15-10-19(17-5-7-37(8-6-17)24(38)14-36(3)4)16(2)9-18(15)11-22-31-13-20(27)25(32-22)33-23-12-21(34-35-23)26(28,29)30/h9-10,12-13,17H,5-8,11,14H2,1-4H3,(H2,31,32,33,34,35). The summed E-state index contributed by atoms with van der Waals surface area (Å²) in [6.07, 6.45) is -0.819. The Morgan fingerprint density at radius 2 is 1.89 bits per heavy atom. The van der Waals surface area contributed by atoms with E-state index in [0.29, 0.717) is 24.7 Å². The zero-order valence-electron chi connectivity index (χ0n) is 21.8. The molecule has 0 aliphatic carbocycles. The largest absolute Gasteiger partial charge is 0.432 e. The van der Waals surface area contributed by atoms with Gasteiger partial charge in [-0.1, -0.05) is 23.7 Å². The average Bonchev–Trinajstić information content (AvgIpc) is 3.32. The lowest BCUT2D eigenvalue weighted by atomic mass is 9.84. The number of nitrogens with one attached hydrogen (secondary N) is 2. The molecule has 1 aromatic carbocycles. The highest BCUT2D eigenvalue weighted by molar-refractivity contribution is 6.32. The summed E-state index contributed by atoms with van der Waals surface area (Å²) in [5.74, 6) is 1.17. The van der Waals surface area contributed by atoms with Crippen molar-refractivity contribution in [3.8, 4) is 0 Å². The van der Waals surface area contributed by atoms with Gasteiger partial charge in [0, 0.05) is 25.6 Å². The van der Waals surface area contributed by atoms with Gasteiger partial charge in [0.15, 0.2) is 11.6 Å². The van der Waals surface area contributed by atoms with E-state index in [4.69, 9.17) is 11.6 Å². The SMILES string of the molecule is Cc1cc(C2CCN(C(=O)CN(C)C)CC2)c(C)cc1Cc1ncc(Cl)c(Nc2cc(C(F)(F)F)[nH]n2)n1. The van der Waals surface area contributed by atoms with Gasteiger partial charge in [0.2, 0.25) is 5.91 Å². The van der Waals surface area contributed by atoms with Gasteiger partial charge in [0.25, 0.3) is 0 Å². The van der Waals surface area contributed by atoms with Crippen molar-refractivity contribution in [2.45, 2.75) is 45.2 Å². The number of nitrogens with zero attached hydrogens (tertiary/aromatic N) is 5. The first kappa shape index (κ1) is 27.8. The second kappa shape index (κ2) is 11.3. The maximum atomic E-state index is 12.9. The summed E-state index contributed by atoms with van der Waals surface area (Å²) in [6.45, 7) is 6.08. The maximum absolute atomic E-state index is 12.9. The number of aryl methyl sites for hydroxylation is 2. The van der Waals surface area contributed by atoms with Crippen LogP contribution in [0.25, 0.3) is 0 Å². The molecule has 4 rings (SSSR count). The van der Waals surface area contributed by atoms with Crippen molar-refractivity contribution in [3.05, 3.63) is 63.2 Å². The van der Waals surface area contributed by atoms with Crippen molar-refractivity contribution in [1.82, 2.24) is 30.0 Å². The normalized spacial score (nSPS) is 14.8. The highest BCUT2D eigenvalue weighted by atomic mass is 35.5. The zero-order valence-corrected chi connectivity index (χ0v) is 22.5. The van der Waals surface area contributed by atoms with Gasteiger partial charge >= 0.3 is 6.18 Å². The van der Waals surface area contributed by atoms with Crippen molar-refractivity contribution in [2.75, 3.05) is 39.0 Å². The number of likely N-dealkylation sites (N-methyl/N-ethyl adjacent to an activating group) is 1. The second-order valence-corrected chi connectivity index (χ2v) is 10.4. The second-order valence-electron chi connectivity index (χ2n) is 9.98. The van der Waals surface area contributed by atoms with E-state index < -0.39 is 11.9 Å². The first-order chi connectivity index (χ1) is 17.9. The van der Waals surface area contributed by atoms with Crippen LogP contribution in [0, 0.1) is 13.8 Å². The van der Waals surface area contributed by atoms with Crippen LogP contribution < -0.4 is 5.32 Å². The van der Waals surface area contributed by atoms with E-state index in [1.54, 1.807) is 0 Å². The maximum Gasteiger partial charge on any atom is 0.432 e. The molecule has 1 aliphatic rings. The van der Waals surface area contributed by atoms with Gasteiger partial charge in [0.1, 0.15) is 16.5 Å². The predicted molar refractivity (Wildman–Crippen MR) is 140 cm³/mol. The Kier molecular flexibility index (Phi) is 8.27. The molecule has 1 aliphatic heterocycles. The molecule has 0 atom stereocenters. The Morgan fingerprint density at radius 3 is 2.53 bits per heavy atom. The van der Waals surface area contributed by atoms with Crippen molar-refractivity contribution in [1.29, 1.82) is 0 Å². The fraction of sp³-hybridized carbons (Fsp3) is 0.462. The van der Waals surface area contributed by atoms with Gasteiger partial charge < -0.3 is 15.1 Å². The number of hydrogen-bond acceptors (Lipinski definition) is 6. The number of aromatic amines is 1. The van der Waals surface area contributed by atoms with Gasteiger partial charge in [-0.3, -0.25) is 9.89 Å². The molecule has 3 aromatic rings. The third-order valence-corrected chi connectivity index (χ3v) is 7.01. The Balaban J connectivity index is 1.45. The molecule has 2 aromatic heterocycles. The van der Waals surface area contributed by atoms with E-state index in [1.807, 2.05) is 35.9 Å². The van der Waals surface area contributed by atoms with Crippen LogP contribution in [-0.2, 0) is 17.4 Å². The van der Waals surface area contributed by atoms with Crippen molar-refractivity contribution in [2.24, 2.45) is 0 Å². The highest BCUT2D eigenvalue weighted by Crippen LogP contribution is 2.33. The lowest BCUT2D eigenvalue weighted by Gasteiger charge is -2.33. The Labute approximate surface area is 224 Å². The molecule has 8 nitrogen and oxygen atoms in total. The van der Waals surface area contributed by atoms with E-state index in [2.05, 4.69) is 39.4 Å². The first-order valence-corrected chi connectivity index (χ1v) is 12.7. The summed E-state index contributed by atoms with van der Waals surface area (Å²) in [5.41, 5.74) is 3.66. The van der Waals surface area contributed by atoms with Crippen molar-refractivity contribution >= 4 is 29.1 Å². The molecule has 2 N–H and O–H groups in total. The molecule has 3 heterocycles. The summed E-state index contributed by atoms with van der Waals surface area (Å²) >= 11 is 6.19. The first-order valence-electron chi connectivity index (χ1n) is 12.3. The van der Waals surface area contributed by atoms with Crippen LogP contribution in [0.15, 0.2) is 24.4 Å². The van der Waals surface area contributed by atoms with Crippen LogP contribution in [0.3, 0.4) is 0 Å². The number of carbonyl (C=O) groups is 1. The summed E-state index contributed by atoms with van der Waals surface area (Å²) in [6, 6.07) is 5.21. The van der Waals surface area contributed by atoms with Gasteiger partial charge in [0.05, 0.1) is 12.7 Å². The Hall–Kier alpha value is -3.18. The minimum absolute atomic E-state index is 0.0466. The van der Waals surface area contributed by atoms with Crippen LogP contribution in [0.2, 0.25) is 5.02 Å². The third kappa shape index (κ3) is 6.63. The molecule has 1 fully saturated rings. The summed E-state index contributed by atoms with van der Waals surface area (Å²) in [4.78, 5) is 25.0. The summed E-state index contributed by atoms with van der Waals surface area (Å²) in [5, 5.41) is 8.50. The predicted octanol–water partition coefficient (Wildman–Crippen LogP) is 5.09. The number of anilines is 2. The van der Waals surface area contributed by atoms with E-state index in [9.17, 15) is 18.0 Å². The molecule has 1 saturated heterocycles. The lowest BCUT2D eigenvalue weighted by Crippen LogP contribution is -2.42. The van der Waals surface area contributed by atoms with Crippen molar-refractivity contribution in [3.63, 3.8) is 0 Å². The number of aromatic nitrogens is 4. The highest BCUT2D eigenvalue weighted by Gasteiger charge is 2.33. The minimum Gasteiger partial charge on any atom is -0.342 e. The number of piperidine rings is 1. The summed E-state index contributed by atoms with van der Waals surface area (Å²) < 4.78 is 38.6. The van der Waals surface area contributed by atoms with E-state index in [1.165, 1.54) is 17.3 Å². The van der Waals surface area contributed by atoms with E-state index >= 15 is 0 Å². The molecule has 0 bridgehead atoms. The molecule has 0 spiro atoms. The zero-order chi connectivity index (χ0) is 27.6. The number of likely N-dealkylation sites (tertiary alicyclic amines) is 1. The van der Waals surface area contributed by atoms with E-state index in [0.717, 1.165) is 43.1 Å². The third-order valence-electron chi connectivity index (χ3n) is 6.74. The van der Waals surface area contributed by atoms with Crippen molar-refractivity contribution < 1.29 is 18.0 Å². The Morgan fingerprint density at radius 1 is 1.18 bits per heavy atom. The summed E-state index contributed by atoms with van der Waals surface area (Å²) in [7, 11) is 3.80. The molecule has 0 saturated carbocycles. The molecule has 0 unspecified atom stereocenters. The number of amides is 1. The molecule has 0 radical (unpaired) electrons. The number of rotatable bonds is 7. The topological polar surface area (TPSA) is 90.0 Å². The smallest absolute Gasteiger partial charge is 0.342 e. The fourth-order valence-electron chi connectivity index (χ4n) is 4.74. The number of halogens is 4. The quantitative estimate of drug-likeness (QED) is 0.427. The number of hydrogen-bond donors (Lipinski definition) is 2. The van der Waals surface area contributed by atoms with Crippen LogP contribution in [0.1, 0.15) is 52.5 Å². The van der Waals surface area contributed by atoms with Crippen LogP contribution in [0.4, 0.5) is 24.8 Å². The molecular weight excluding hydrogens is 519 g/mol. The lowest BCUT2D eigenvalue weighted by molar-refractivity contribution is -0.141. The number of H-pyrrole nitrogens is 1. The number of alkyl halides is 3. The van der Waals surface area contributed by atoms with Gasteiger partial charge in [-0.05, 0) is 69.0 Å². The van der Waals surface area contributed by atoms with Crippen LogP contribution >= 0.6 is 11.6 Å². The van der Waals surface area contributed by atoms with E-state index in [-0.39, 0.29) is 22.6 Å². The molecule has 1 amide bonds. The average molecular weight is 550 g/mol. The van der Waals surface area contributed by atoms with Gasteiger partial charge in [-0.25, -0.2) is 9.97 Å².